The van der Waals surface area contributed by atoms with Crippen molar-refractivity contribution in [1.29, 1.82) is 0 Å². The first-order valence-electron chi connectivity index (χ1n) is 6.87. The highest BCUT2D eigenvalue weighted by Gasteiger charge is 2.26. The third-order valence-electron chi connectivity index (χ3n) is 3.83. The van der Waals surface area contributed by atoms with Gasteiger partial charge in [-0.1, -0.05) is 31.2 Å². The van der Waals surface area contributed by atoms with Crippen LogP contribution < -0.4 is 0 Å². The summed E-state index contributed by atoms with van der Waals surface area (Å²) in [6.07, 6.45) is 3.13. The Morgan fingerprint density at radius 2 is 2.05 bits per heavy atom. The minimum absolute atomic E-state index is 0.466. The Bertz CT molecular complexity index is 564. The summed E-state index contributed by atoms with van der Waals surface area (Å²) in [6.45, 7) is 2.74. The van der Waals surface area contributed by atoms with Gasteiger partial charge in [-0.15, -0.1) is 10.2 Å². The van der Waals surface area contributed by atoms with E-state index in [1.165, 1.54) is 17.5 Å². The average molecular weight is 257 g/mol. The molecule has 4 nitrogen and oxygen atoms in total. The van der Waals surface area contributed by atoms with Crippen LogP contribution >= 0.6 is 0 Å². The van der Waals surface area contributed by atoms with Crippen molar-refractivity contribution >= 4 is 0 Å². The molecule has 0 saturated carbocycles. The van der Waals surface area contributed by atoms with Gasteiger partial charge in [0.15, 0.2) is 0 Å². The van der Waals surface area contributed by atoms with E-state index in [0.29, 0.717) is 18.5 Å². The maximum atomic E-state index is 5.59. The Hall–Kier alpha value is -1.68. The zero-order valence-electron chi connectivity index (χ0n) is 11.5. The molecule has 1 aliphatic carbocycles. The number of aromatic nitrogens is 2. The average Bonchev–Trinajstić information content (AvgIpc) is 3.04. The Kier molecular flexibility index (Phi) is 3.34. The van der Waals surface area contributed by atoms with E-state index in [2.05, 4.69) is 46.4 Å². The molecule has 4 heteroatoms. The van der Waals surface area contributed by atoms with Crippen molar-refractivity contribution in [2.75, 3.05) is 7.05 Å². The molecule has 1 aromatic carbocycles. The molecular weight excluding hydrogens is 238 g/mol. The Balaban J connectivity index is 1.73. The minimum Gasteiger partial charge on any atom is -0.424 e. The third-order valence-corrected chi connectivity index (χ3v) is 3.83. The fraction of sp³-hybridized carbons (Fsp3) is 0.467. The lowest BCUT2D eigenvalue weighted by molar-refractivity contribution is 0.212. The number of hydrogen-bond donors (Lipinski definition) is 0. The zero-order valence-corrected chi connectivity index (χ0v) is 11.5. The highest BCUT2D eigenvalue weighted by atomic mass is 16.4. The molecule has 0 amide bonds. The molecule has 3 rings (SSSR count). The van der Waals surface area contributed by atoms with Crippen LogP contribution in [-0.4, -0.2) is 22.1 Å². The SMILES string of the molecule is CCc1nnc(CN(C)C2CCc3ccccc32)o1. The topological polar surface area (TPSA) is 42.2 Å². The number of benzene rings is 1. The van der Waals surface area contributed by atoms with E-state index in [9.17, 15) is 0 Å². The van der Waals surface area contributed by atoms with Gasteiger partial charge in [-0.25, -0.2) is 0 Å². The van der Waals surface area contributed by atoms with Gasteiger partial charge < -0.3 is 4.42 Å². The summed E-state index contributed by atoms with van der Waals surface area (Å²) in [6, 6.07) is 9.16. The van der Waals surface area contributed by atoms with Crippen LogP contribution in [-0.2, 0) is 19.4 Å². The molecule has 0 radical (unpaired) electrons. The van der Waals surface area contributed by atoms with Crippen LogP contribution in [0.3, 0.4) is 0 Å². The molecule has 19 heavy (non-hydrogen) atoms. The summed E-state index contributed by atoms with van der Waals surface area (Å²) in [5.41, 5.74) is 2.92. The van der Waals surface area contributed by atoms with Crippen molar-refractivity contribution < 1.29 is 4.42 Å². The highest BCUT2D eigenvalue weighted by Crippen LogP contribution is 2.35. The molecule has 1 unspecified atom stereocenters. The van der Waals surface area contributed by atoms with E-state index in [-0.39, 0.29) is 0 Å². The van der Waals surface area contributed by atoms with E-state index in [0.717, 1.165) is 18.7 Å². The molecule has 1 aromatic heterocycles. The van der Waals surface area contributed by atoms with Gasteiger partial charge in [0.25, 0.3) is 0 Å². The lowest BCUT2D eigenvalue weighted by Gasteiger charge is -2.23. The summed E-state index contributed by atoms with van der Waals surface area (Å²) in [7, 11) is 2.13. The largest absolute Gasteiger partial charge is 0.424 e. The summed E-state index contributed by atoms with van der Waals surface area (Å²) in [5.74, 6) is 1.43. The maximum Gasteiger partial charge on any atom is 0.230 e. The first-order chi connectivity index (χ1) is 9.28. The van der Waals surface area contributed by atoms with E-state index in [1.807, 2.05) is 6.92 Å². The van der Waals surface area contributed by atoms with Crippen LogP contribution in [0, 0.1) is 0 Å². The quantitative estimate of drug-likeness (QED) is 0.844. The van der Waals surface area contributed by atoms with Gasteiger partial charge >= 0.3 is 0 Å². The van der Waals surface area contributed by atoms with Crippen LogP contribution in [0.15, 0.2) is 28.7 Å². The van der Waals surface area contributed by atoms with Gasteiger partial charge in [-0.05, 0) is 31.0 Å². The van der Waals surface area contributed by atoms with Crippen molar-refractivity contribution in [2.45, 2.75) is 38.8 Å². The summed E-state index contributed by atoms with van der Waals surface area (Å²) < 4.78 is 5.59. The fourth-order valence-corrected chi connectivity index (χ4v) is 2.81. The van der Waals surface area contributed by atoms with Gasteiger partial charge in [0, 0.05) is 12.5 Å². The third kappa shape index (κ3) is 2.40. The van der Waals surface area contributed by atoms with Crippen LogP contribution in [0.25, 0.3) is 0 Å². The molecule has 0 saturated heterocycles. The van der Waals surface area contributed by atoms with Crippen LogP contribution in [0.5, 0.6) is 0 Å². The standard InChI is InChI=1S/C15H19N3O/c1-3-14-16-17-15(19-14)10-18(2)13-9-8-11-6-4-5-7-12(11)13/h4-7,13H,3,8-10H2,1-2H3. The molecule has 0 fully saturated rings. The van der Waals surface area contributed by atoms with E-state index < -0.39 is 0 Å². The predicted octanol–water partition coefficient (Wildman–Crippen LogP) is 2.75. The fourth-order valence-electron chi connectivity index (χ4n) is 2.81. The maximum absolute atomic E-state index is 5.59. The second-order valence-electron chi connectivity index (χ2n) is 5.11. The molecule has 1 aliphatic rings. The van der Waals surface area contributed by atoms with Crippen LogP contribution in [0.1, 0.15) is 42.3 Å². The van der Waals surface area contributed by atoms with Gasteiger partial charge in [0.05, 0.1) is 6.54 Å². The monoisotopic (exact) mass is 257 g/mol. The molecule has 0 N–H and O–H groups in total. The molecular formula is C15H19N3O. The summed E-state index contributed by atoms with van der Waals surface area (Å²) >= 11 is 0. The van der Waals surface area contributed by atoms with E-state index >= 15 is 0 Å². The van der Waals surface area contributed by atoms with Crippen LogP contribution in [0.2, 0.25) is 0 Å². The molecule has 0 bridgehead atoms. The summed E-state index contributed by atoms with van der Waals surface area (Å²) in [4.78, 5) is 2.30. The molecule has 1 atom stereocenters. The van der Waals surface area contributed by atoms with Crippen molar-refractivity contribution in [3.05, 3.63) is 47.2 Å². The van der Waals surface area contributed by atoms with Gasteiger partial charge in [0.1, 0.15) is 0 Å². The normalized spacial score (nSPS) is 17.9. The Morgan fingerprint density at radius 1 is 1.26 bits per heavy atom. The lowest BCUT2D eigenvalue weighted by Crippen LogP contribution is -2.22. The number of fused-ring (bicyclic) bond motifs is 1. The number of nitrogens with zero attached hydrogens (tertiary/aromatic N) is 3. The van der Waals surface area contributed by atoms with E-state index in [4.69, 9.17) is 4.42 Å². The lowest BCUT2D eigenvalue weighted by atomic mass is 10.1. The van der Waals surface area contributed by atoms with Crippen molar-refractivity contribution in [3.63, 3.8) is 0 Å². The second-order valence-corrected chi connectivity index (χ2v) is 5.11. The first kappa shape index (κ1) is 12.4. The first-order valence-corrected chi connectivity index (χ1v) is 6.87. The number of rotatable bonds is 4. The zero-order chi connectivity index (χ0) is 13.2. The molecule has 2 aromatic rings. The number of hydrogen-bond acceptors (Lipinski definition) is 4. The Labute approximate surface area is 113 Å². The molecule has 1 heterocycles. The Morgan fingerprint density at radius 3 is 2.84 bits per heavy atom. The van der Waals surface area contributed by atoms with E-state index in [1.54, 1.807) is 0 Å². The molecule has 0 aliphatic heterocycles. The molecule has 100 valence electrons. The van der Waals surface area contributed by atoms with Crippen molar-refractivity contribution in [3.8, 4) is 0 Å². The van der Waals surface area contributed by atoms with Gasteiger partial charge in [-0.3, -0.25) is 4.90 Å². The minimum atomic E-state index is 0.466. The van der Waals surface area contributed by atoms with Gasteiger partial charge in [-0.2, -0.15) is 0 Å². The summed E-state index contributed by atoms with van der Waals surface area (Å²) in [5, 5.41) is 8.11. The highest BCUT2D eigenvalue weighted by molar-refractivity contribution is 5.34. The van der Waals surface area contributed by atoms with Crippen molar-refractivity contribution in [1.82, 2.24) is 15.1 Å². The number of aryl methyl sites for hydroxylation is 2. The smallest absolute Gasteiger partial charge is 0.230 e. The van der Waals surface area contributed by atoms with Gasteiger partial charge in [0.2, 0.25) is 11.8 Å². The second kappa shape index (κ2) is 5.13. The molecule has 0 spiro atoms. The predicted molar refractivity (Wildman–Crippen MR) is 72.6 cm³/mol. The van der Waals surface area contributed by atoms with Crippen LogP contribution in [0.4, 0.5) is 0 Å². The van der Waals surface area contributed by atoms with Crippen molar-refractivity contribution in [2.24, 2.45) is 0 Å².